The average molecular weight is 734 g/mol. The quantitative estimate of drug-likeness (QED) is 0.138. The molecule has 0 aliphatic carbocycles. The lowest BCUT2D eigenvalue weighted by Gasteiger charge is -2.23. The maximum Gasteiger partial charge on any atom is 0.0515 e. The van der Waals surface area contributed by atoms with E-state index in [1.807, 2.05) is 27.7 Å². The van der Waals surface area contributed by atoms with Gasteiger partial charge in [-0.1, -0.05) is 87.0 Å². The van der Waals surface area contributed by atoms with Gasteiger partial charge in [-0.15, -0.1) is 46.4 Å². The molecule has 28 heavy (non-hydrogen) atoms. The predicted octanol–water partition coefficient (Wildman–Crippen LogP) is 10.2. The second kappa shape index (κ2) is 18.0. The molecule has 0 N–H and O–H groups in total. The van der Waals surface area contributed by atoms with E-state index in [1.165, 1.54) is 11.1 Å². The van der Waals surface area contributed by atoms with E-state index < -0.39 is 0 Å². The molecule has 0 nitrogen and oxygen atoms in total. The molecule has 168 valence electrons. The zero-order chi connectivity index (χ0) is 22.4. The molecular formula is C20H32Br4Cl4. The van der Waals surface area contributed by atoms with Crippen LogP contribution >= 0.6 is 110 Å². The van der Waals surface area contributed by atoms with Crippen molar-refractivity contribution in [1.82, 2.24) is 0 Å². The van der Waals surface area contributed by atoms with E-state index in [1.54, 1.807) is 0 Å². The molecule has 0 heterocycles. The maximum absolute atomic E-state index is 6.18. The van der Waals surface area contributed by atoms with Gasteiger partial charge in [0.15, 0.2) is 0 Å². The summed E-state index contributed by atoms with van der Waals surface area (Å²) in [7, 11) is 0. The molecule has 0 aromatic heterocycles. The lowest BCUT2D eigenvalue weighted by atomic mass is 10.0. The molecule has 0 aromatic rings. The summed E-state index contributed by atoms with van der Waals surface area (Å²) in [6, 6.07) is 0. The van der Waals surface area contributed by atoms with Gasteiger partial charge in [0.25, 0.3) is 0 Å². The van der Waals surface area contributed by atoms with Crippen molar-refractivity contribution in [1.29, 1.82) is 0 Å². The minimum Gasteiger partial charge on any atom is -0.122 e. The van der Waals surface area contributed by atoms with Crippen LogP contribution in [0.25, 0.3) is 0 Å². The van der Waals surface area contributed by atoms with Gasteiger partial charge in [-0.05, 0) is 53.4 Å². The molecule has 8 heteroatoms. The first kappa shape index (κ1) is 32.7. The van der Waals surface area contributed by atoms with Gasteiger partial charge in [0.1, 0.15) is 0 Å². The first-order chi connectivity index (χ1) is 12.8. The van der Waals surface area contributed by atoms with Gasteiger partial charge in [-0.25, -0.2) is 0 Å². The summed E-state index contributed by atoms with van der Waals surface area (Å²) in [6.07, 6.45) is 8.23. The van der Waals surface area contributed by atoms with E-state index in [-0.39, 0.29) is 9.75 Å². The van der Waals surface area contributed by atoms with Crippen LogP contribution in [0.3, 0.4) is 0 Å². The van der Waals surface area contributed by atoms with Crippen molar-refractivity contribution in [2.24, 2.45) is 0 Å². The number of alkyl halides is 8. The summed E-state index contributed by atoms with van der Waals surface area (Å²) in [5.41, 5.74) is 2.68. The molecule has 0 aromatic carbocycles. The van der Waals surface area contributed by atoms with Crippen molar-refractivity contribution in [2.75, 3.05) is 22.4 Å². The van der Waals surface area contributed by atoms with E-state index in [4.69, 9.17) is 46.4 Å². The molecular weight excluding hydrogens is 702 g/mol. The highest BCUT2D eigenvalue weighted by atomic mass is 79.9. The van der Waals surface area contributed by atoms with Gasteiger partial charge in [0.2, 0.25) is 0 Å². The monoisotopic (exact) mass is 728 g/mol. The highest BCUT2D eigenvalue weighted by Crippen LogP contribution is 2.30. The molecule has 0 radical (unpaired) electrons. The van der Waals surface area contributed by atoms with Gasteiger partial charge in [0, 0.05) is 32.1 Å². The van der Waals surface area contributed by atoms with Crippen molar-refractivity contribution >= 4 is 110 Å². The van der Waals surface area contributed by atoms with Crippen LogP contribution in [0.5, 0.6) is 0 Å². The number of rotatable bonds is 12. The Labute approximate surface area is 226 Å². The zero-order valence-electron chi connectivity index (χ0n) is 17.0. The van der Waals surface area contributed by atoms with E-state index in [0.717, 1.165) is 36.3 Å². The molecule has 0 bridgehead atoms. The fourth-order valence-electron chi connectivity index (χ4n) is 1.98. The van der Waals surface area contributed by atoms with Crippen molar-refractivity contribution in [3.63, 3.8) is 0 Å². The van der Waals surface area contributed by atoms with E-state index in [2.05, 4.69) is 75.9 Å². The summed E-state index contributed by atoms with van der Waals surface area (Å²) >= 11 is 37.7. The molecule has 0 spiro atoms. The Morgan fingerprint density at radius 2 is 1.04 bits per heavy atom. The van der Waals surface area contributed by atoms with E-state index in [0.29, 0.717) is 21.4 Å². The van der Waals surface area contributed by atoms with Gasteiger partial charge < -0.3 is 0 Å². The van der Waals surface area contributed by atoms with Gasteiger partial charge in [0.05, 0.1) is 9.75 Å². The fourth-order valence-corrected chi connectivity index (χ4v) is 4.11. The minimum absolute atomic E-state index is 0.196. The largest absolute Gasteiger partial charge is 0.122 e. The molecule has 0 aliphatic rings. The van der Waals surface area contributed by atoms with Crippen molar-refractivity contribution < 1.29 is 0 Å². The molecule has 0 rings (SSSR count). The van der Waals surface area contributed by atoms with Gasteiger partial charge in [-0.2, -0.15) is 0 Å². The van der Waals surface area contributed by atoms with Crippen LogP contribution in [-0.4, -0.2) is 41.8 Å². The Balaban J connectivity index is 0. The predicted molar refractivity (Wildman–Crippen MR) is 149 cm³/mol. The van der Waals surface area contributed by atoms with Crippen molar-refractivity contribution in [2.45, 2.75) is 72.8 Å². The molecule has 0 aliphatic heterocycles. The number of hydrogen-bond acceptors (Lipinski definition) is 0. The third-order valence-electron chi connectivity index (χ3n) is 4.00. The summed E-state index contributed by atoms with van der Waals surface area (Å²) in [5, 5.41) is 1.78. The SMILES string of the molecule is CC(C)(Cl)C(Br)CC/C(=C/CCl)CBr.CC(C)(Cl)C(Br)CC/C(=C\CCl)CBr. The highest BCUT2D eigenvalue weighted by molar-refractivity contribution is 9.10. The van der Waals surface area contributed by atoms with Crippen molar-refractivity contribution in [3.05, 3.63) is 23.3 Å². The molecule has 0 saturated heterocycles. The number of hydrogen-bond donors (Lipinski definition) is 0. The van der Waals surface area contributed by atoms with Crippen LogP contribution in [0, 0.1) is 0 Å². The minimum atomic E-state index is -0.196. The Morgan fingerprint density at radius 3 is 1.21 bits per heavy atom. The normalized spacial score (nSPS) is 15.7. The Kier molecular flexibility index (Phi) is 21.1. The smallest absolute Gasteiger partial charge is 0.0515 e. The van der Waals surface area contributed by atoms with Crippen LogP contribution in [0.1, 0.15) is 53.4 Å². The fraction of sp³-hybridized carbons (Fsp3) is 0.800. The molecule has 0 fully saturated rings. The number of allylic oxidation sites excluding steroid dienone is 4. The van der Waals surface area contributed by atoms with Gasteiger partial charge in [-0.3, -0.25) is 0 Å². The summed E-state index contributed by atoms with van der Waals surface area (Å²) in [5.74, 6) is 1.16. The molecule has 0 amide bonds. The topological polar surface area (TPSA) is 0 Å². The van der Waals surface area contributed by atoms with E-state index >= 15 is 0 Å². The zero-order valence-corrected chi connectivity index (χ0v) is 26.4. The van der Waals surface area contributed by atoms with Crippen LogP contribution in [-0.2, 0) is 0 Å². The highest BCUT2D eigenvalue weighted by Gasteiger charge is 2.24. The summed E-state index contributed by atoms with van der Waals surface area (Å²) < 4.78 is 0. The van der Waals surface area contributed by atoms with Crippen LogP contribution in [0.4, 0.5) is 0 Å². The third-order valence-corrected chi connectivity index (χ3v) is 10.0. The van der Waals surface area contributed by atoms with E-state index in [9.17, 15) is 0 Å². The third kappa shape index (κ3) is 18.2. The lowest BCUT2D eigenvalue weighted by molar-refractivity contribution is 0.616. The summed E-state index contributed by atoms with van der Waals surface area (Å²) in [4.78, 5) is 0.264. The first-order valence-corrected chi connectivity index (χ1v) is 15.0. The second-order valence-electron chi connectivity index (χ2n) is 7.44. The molecule has 2 atom stereocenters. The summed E-state index contributed by atoms with van der Waals surface area (Å²) in [6.45, 7) is 8.08. The van der Waals surface area contributed by atoms with Crippen LogP contribution < -0.4 is 0 Å². The average Bonchev–Trinajstić information content (AvgIpc) is 2.60. The Hall–Kier alpha value is 2.56. The van der Waals surface area contributed by atoms with Crippen LogP contribution in [0.15, 0.2) is 23.3 Å². The van der Waals surface area contributed by atoms with Crippen molar-refractivity contribution in [3.8, 4) is 0 Å². The maximum atomic E-state index is 6.18. The standard InChI is InChI=1S/2C10H16Br2Cl2/c2*1-10(2,14)9(12)4-3-8(7-11)5-6-13/h2*5,9H,3-4,6-7H2,1-2H3/b8-5+;8-5-. The molecule has 0 saturated carbocycles. The number of halogens is 8. The van der Waals surface area contributed by atoms with Crippen LogP contribution in [0.2, 0.25) is 0 Å². The second-order valence-corrected chi connectivity index (χ2v) is 13.3. The first-order valence-electron chi connectivity index (χ1n) is 9.09. The lowest BCUT2D eigenvalue weighted by Crippen LogP contribution is -2.24. The Bertz CT molecular complexity index is 412. The molecule has 2 unspecified atom stereocenters. The van der Waals surface area contributed by atoms with Gasteiger partial charge >= 0.3 is 0 Å². The Morgan fingerprint density at radius 1 is 0.750 bits per heavy atom.